The topological polar surface area (TPSA) is 73.1 Å². The van der Waals surface area contributed by atoms with Gasteiger partial charge in [-0.15, -0.1) is 0 Å². The van der Waals surface area contributed by atoms with Crippen molar-refractivity contribution in [2.45, 2.75) is 13.5 Å². The lowest BCUT2D eigenvalue weighted by molar-refractivity contribution is 0.0979. The second-order valence-corrected chi connectivity index (χ2v) is 7.43. The first-order valence-electron chi connectivity index (χ1n) is 8.71. The molecule has 0 atom stereocenters. The van der Waals surface area contributed by atoms with Crippen LogP contribution in [0.4, 0.5) is 5.13 Å². The molecular weight excluding hydrogens is 374 g/mol. The van der Waals surface area contributed by atoms with Gasteiger partial charge in [0, 0.05) is 31.2 Å². The van der Waals surface area contributed by atoms with E-state index in [1.165, 1.54) is 11.3 Å². The number of carbonyl (C=O) groups is 1. The summed E-state index contributed by atoms with van der Waals surface area (Å²) in [6.45, 7) is 2.24. The van der Waals surface area contributed by atoms with Crippen LogP contribution in [-0.4, -0.2) is 32.8 Å². The molecule has 1 amide bonds. The third-order valence-corrected chi connectivity index (χ3v) is 5.38. The van der Waals surface area contributed by atoms with E-state index in [0.717, 1.165) is 27.1 Å². The molecule has 28 heavy (non-hydrogen) atoms. The van der Waals surface area contributed by atoms with E-state index in [9.17, 15) is 4.79 Å². The van der Waals surface area contributed by atoms with Crippen LogP contribution in [0.1, 0.15) is 21.6 Å². The molecule has 0 bridgehead atoms. The number of fused-ring (bicyclic) bond motifs is 1. The van der Waals surface area contributed by atoms with Crippen molar-refractivity contribution in [2.75, 3.05) is 12.0 Å². The van der Waals surface area contributed by atoms with Crippen LogP contribution in [0.15, 0.2) is 48.9 Å². The van der Waals surface area contributed by atoms with Crippen LogP contribution in [0.25, 0.3) is 10.2 Å². The second-order valence-electron chi connectivity index (χ2n) is 6.42. The van der Waals surface area contributed by atoms with Gasteiger partial charge in [-0.2, -0.15) is 5.10 Å². The highest BCUT2D eigenvalue weighted by Gasteiger charge is 2.25. The zero-order valence-corrected chi connectivity index (χ0v) is 16.6. The fraction of sp³-hybridized carbons (Fsp3) is 0.200. The lowest BCUT2D eigenvalue weighted by atomic mass is 10.2. The molecule has 0 saturated heterocycles. The molecule has 0 radical (unpaired) electrons. The van der Waals surface area contributed by atoms with Gasteiger partial charge in [-0.25, -0.2) is 4.98 Å². The number of ether oxygens (including phenoxy) is 1. The maximum absolute atomic E-state index is 13.4. The summed E-state index contributed by atoms with van der Waals surface area (Å²) in [6, 6.07) is 9.48. The maximum atomic E-state index is 13.4. The molecule has 0 spiro atoms. The minimum Gasteiger partial charge on any atom is -0.497 e. The van der Waals surface area contributed by atoms with Crippen molar-refractivity contribution in [3.8, 4) is 5.75 Å². The summed E-state index contributed by atoms with van der Waals surface area (Å²) in [5, 5.41) is 4.96. The predicted molar refractivity (Wildman–Crippen MR) is 109 cm³/mol. The van der Waals surface area contributed by atoms with Gasteiger partial charge in [0.15, 0.2) is 10.8 Å². The Kier molecular flexibility index (Phi) is 4.79. The average molecular weight is 393 g/mol. The molecule has 142 valence electrons. The first-order chi connectivity index (χ1) is 13.5. The number of aryl methyl sites for hydroxylation is 2. The fourth-order valence-corrected chi connectivity index (χ4v) is 3.97. The van der Waals surface area contributed by atoms with Crippen LogP contribution in [-0.2, 0) is 13.6 Å². The highest BCUT2D eigenvalue weighted by molar-refractivity contribution is 7.22. The molecule has 0 aliphatic carbocycles. The maximum Gasteiger partial charge on any atom is 0.281 e. The van der Waals surface area contributed by atoms with E-state index in [4.69, 9.17) is 4.74 Å². The van der Waals surface area contributed by atoms with Gasteiger partial charge in [-0.3, -0.25) is 19.4 Å². The normalized spacial score (nSPS) is 11.0. The standard InChI is InChI=1S/C20H19N5O2S/c1-13-11-24(2)23-18(13)19(26)25(12-14-5-4-8-21-10-14)20-22-16-7-6-15(27-3)9-17(16)28-20/h4-11H,12H2,1-3H3. The van der Waals surface area contributed by atoms with Crippen LogP contribution < -0.4 is 9.64 Å². The molecule has 4 rings (SSSR count). The van der Waals surface area contributed by atoms with Gasteiger partial charge in [-0.05, 0) is 36.8 Å². The van der Waals surface area contributed by atoms with Crippen molar-refractivity contribution < 1.29 is 9.53 Å². The minimum absolute atomic E-state index is 0.187. The Hall–Kier alpha value is -3.26. The van der Waals surface area contributed by atoms with Crippen LogP contribution in [0, 0.1) is 6.92 Å². The zero-order chi connectivity index (χ0) is 19.7. The smallest absolute Gasteiger partial charge is 0.281 e. The third kappa shape index (κ3) is 3.46. The molecule has 7 nitrogen and oxygen atoms in total. The SMILES string of the molecule is COc1ccc2nc(N(Cc3cccnc3)C(=O)c3nn(C)cc3C)sc2c1. The van der Waals surface area contributed by atoms with Crippen molar-refractivity contribution in [2.24, 2.45) is 7.05 Å². The highest BCUT2D eigenvalue weighted by atomic mass is 32.1. The van der Waals surface area contributed by atoms with Crippen LogP contribution in [0.5, 0.6) is 5.75 Å². The number of aromatic nitrogens is 4. The van der Waals surface area contributed by atoms with Crippen molar-refractivity contribution in [3.05, 3.63) is 65.7 Å². The number of amides is 1. The lowest BCUT2D eigenvalue weighted by Crippen LogP contribution is -2.31. The lowest BCUT2D eigenvalue weighted by Gasteiger charge is -2.19. The number of nitrogens with zero attached hydrogens (tertiary/aromatic N) is 5. The summed E-state index contributed by atoms with van der Waals surface area (Å²) >= 11 is 1.45. The van der Waals surface area contributed by atoms with E-state index in [-0.39, 0.29) is 5.91 Å². The number of hydrogen-bond acceptors (Lipinski definition) is 6. The summed E-state index contributed by atoms with van der Waals surface area (Å²) in [7, 11) is 3.43. The van der Waals surface area contributed by atoms with Gasteiger partial charge in [0.1, 0.15) is 5.75 Å². The van der Waals surface area contributed by atoms with E-state index in [1.54, 1.807) is 36.1 Å². The Balaban J connectivity index is 1.78. The van der Waals surface area contributed by atoms with Crippen molar-refractivity contribution >= 4 is 32.6 Å². The quantitative estimate of drug-likeness (QED) is 0.518. The first kappa shape index (κ1) is 18.1. The molecule has 3 heterocycles. The molecular formula is C20H19N5O2S. The molecule has 0 saturated carbocycles. The largest absolute Gasteiger partial charge is 0.497 e. The fourth-order valence-electron chi connectivity index (χ4n) is 2.98. The van der Waals surface area contributed by atoms with Crippen LogP contribution in [0.3, 0.4) is 0 Å². The monoisotopic (exact) mass is 393 g/mol. The number of thiazole rings is 1. The Labute approximate surface area is 166 Å². The molecule has 0 aliphatic rings. The molecule has 0 fully saturated rings. The van der Waals surface area contributed by atoms with Crippen LogP contribution in [0.2, 0.25) is 0 Å². The summed E-state index contributed by atoms with van der Waals surface area (Å²) in [5.41, 5.74) is 2.98. The Morgan fingerprint density at radius 3 is 2.86 bits per heavy atom. The van der Waals surface area contributed by atoms with Crippen molar-refractivity contribution in [1.82, 2.24) is 19.7 Å². The predicted octanol–water partition coefficient (Wildman–Crippen LogP) is 3.59. The molecule has 8 heteroatoms. The van der Waals surface area contributed by atoms with Gasteiger partial charge in [0.25, 0.3) is 5.91 Å². The first-order valence-corrected chi connectivity index (χ1v) is 9.52. The number of rotatable bonds is 5. The average Bonchev–Trinajstić information content (AvgIpc) is 3.27. The van der Waals surface area contributed by atoms with Gasteiger partial charge >= 0.3 is 0 Å². The highest BCUT2D eigenvalue weighted by Crippen LogP contribution is 2.33. The van der Waals surface area contributed by atoms with Gasteiger partial charge < -0.3 is 4.74 Å². The Bertz CT molecular complexity index is 1140. The molecule has 1 aromatic carbocycles. The van der Waals surface area contributed by atoms with Crippen LogP contribution >= 0.6 is 11.3 Å². The number of benzene rings is 1. The molecule has 0 unspecified atom stereocenters. The number of hydrogen-bond donors (Lipinski definition) is 0. The van der Waals surface area contributed by atoms with E-state index >= 15 is 0 Å². The van der Waals surface area contributed by atoms with Crippen molar-refractivity contribution in [1.29, 1.82) is 0 Å². The third-order valence-electron chi connectivity index (χ3n) is 4.34. The molecule has 4 aromatic rings. The van der Waals surface area contributed by atoms with Gasteiger partial charge in [0.2, 0.25) is 0 Å². The van der Waals surface area contributed by atoms with Crippen molar-refractivity contribution in [3.63, 3.8) is 0 Å². The zero-order valence-electron chi connectivity index (χ0n) is 15.8. The minimum atomic E-state index is -0.187. The summed E-state index contributed by atoms with van der Waals surface area (Å²) in [6.07, 6.45) is 5.29. The van der Waals surface area contributed by atoms with E-state index in [0.29, 0.717) is 17.4 Å². The Morgan fingerprint density at radius 2 is 2.18 bits per heavy atom. The second kappa shape index (κ2) is 7.40. The van der Waals surface area contributed by atoms with E-state index in [2.05, 4.69) is 15.1 Å². The summed E-state index contributed by atoms with van der Waals surface area (Å²) in [5.74, 6) is 0.571. The molecule has 0 N–H and O–H groups in total. The summed E-state index contributed by atoms with van der Waals surface area (Å²) in [4.78, 5) is 23.9. The van der Waals surface area contributed by atoms with Gasteiger partial charge in [-0.1, -0.05) is 17.4 Å². The molecule has 3 aromatic heterocycles. The molecule has 0 aliphatic heterocycles. The number of pyridine rings is 1. The summed E-state index contributed by atoms with van der Waals surface area (Å²) < 4.78 is 7.90. The number of anilines is 1. The number of carbonyl (C=O) groups excluding carboxylic acids is 1. The Morgan fingerprint density at radius 1 is 1.32 bits per heavy atom. The van der Waals surface area contributed by atoms with E-state index < -0.39 is 0 Å². The number of methoxy groups -OCH3 is 1. The van der Waals surface area contributed by atoms with E-state index in [1.807, 2.05) is 43.5 Å². The van der Waals surface area contributed by atoms with Gasteiger partial charge in [0.05, 0.1) is 23.9 Å².